The molecule has 0 bridgehead atoms. The van der Waals surface area contributed by atoms with E-state index in [0.717, 1.165) is 0 Å². The van der Waals surface area contributed by atoms with Crippen molar-refractivity contribution in [2.24, 2.45) is 0 Å². The van der Waals surface area contributed by atoms with E-state index in [1.807, 2.05) is 0 Å². The van der Waals surface area contributed by atoms with Gasteiger partial charge in [-0.05, 0) is 19.9 Å². The van der Waals surface area contributed by atoms with Crippen LogP contribution in [0.4, 0.5) is 0 Å². The Morgan fingerprint density at radius 1 is 1.27 bits per heavy atom. The lowest BCUT2D eigenvalue weighted by Gasteiger charge is -2.27. The third-order valence-electron chi connectivity index (χ3n) is 2.11. The summed E-state index contributed by atoms with van der Waals surface area (Å²) in [6.45, 7) is -0.395. The molecule has 0 saturated carbocycles. The van der Waals surface area contributed by atoms with Crippen molar-refractivity contribution in [2.75, 3.05) is 13.7 Å². The molecule has 86 valence electrons. The van der Waals surface area contributed by atoms with Crippen molar-refractivity contribution in [1.29, 1.82) is 0 Å². The van der Waals surface area contributed by atoms with Crippen LogP contribution in [0, 0.1) is 0 Å². The van der Waals surface area contributed by atoms with E-state index in [1.165, 1.54) is 7.05 Å². The van der Waals surface area contributed by atoms with E-state index in [-0.39, 0.29) is 12.8 Å². The quantitative estimate of drug-likeness (QED) is 0.455. The summed E-state index contributed by atoms with van der Waals surface area (Å²) in [4.78, 5) is 22.3. The SMILES string of the molecule is CNC1(O)COC(=O)CCCCC(=O)O1. The molecule has 0 aromatic carbocycles. The maximum atomic E-state index is 11.2. The highest BCUT2D eigenvalue weighted by Crippen LogP contribution is 2.11. The molecule has 1 aliphatic heterocycles. The van der Waals surface area contributed by atoms with Crippen LogP contribution >= 0.6 is 0 Å². The van der Waals surface area contributed by atoms with Gasteiger partial charge >= 0.3 is 17.8 Å². The highest BCUT2D eigenvalue weighted by atomic mass is 16.7. The van der Waals surface area contributed by atoms with Gasteiger partial charge < -0.3 is 14.6 Å². The van der Waals surface area contributed by atoms with Crippen LogP contribution in [0.3, 0.4) is 0 Å². The molecular weight excluding hydrogens is 202 g/mol. The fraction of sp³-hybridized carbons (Fsp3) is 0.778. The molecule has 0 aromatic heterocycles. The Hall–Kier alpha value is -1.14. The molecule has 1 atom stereocenters. The minimum Gasteiger partial charge on any atom is -0.457 e. The van der Waals surface area contributed by atoms with E-state index in [4.69, 9.17) is 9.47 Å². The third kappa shape index (κ3) is 3.85. The second-order valence-corrected chi connectivity index (χ2v) is 3.38. The van der Waals surface area contributed by atoms with E-state index in [2.05, 4.69) is 5.32 Å². The van der Waals surface area contributed by atoms with E-state index < -0.39 is 24.5 Å². The van der Waals surface area contributed by atoms with Crippen LogP contribution in [0.5, 0.6) is 0 Å². The topological polar surface area (TPSA) is 84.9 Å². The molecule has 1 rings (SSSR count). The molecule has 6 nitrogen and oxygen atoms in total. The fourth-order valence-electron chi connectivity index (χ4n) is 1.18. The second kappa shape index (κ2) is 5.09. The van der Waals surface area contributed by atoms with Crippen molar-refractivity contribution < 1.29 is 24.2 Å². The molecule has 6 heteroatoms. The number of nitrogens with one attached hydrogen (secondary N) is 1. The van der Waals surface area contributed by atoms with E-state index in [1.54, 1.807) is 0 Å². The van der Waals surface area contributed by atoms with Gasteiger partial charge in [-0.3, -0.25) is 14.9 Å². The highest BCUT2D eigenvalue weighted by molar-refractivity contribution is 5.71. The number of esters is 2. The van der Waals surface area contributed by atoms with Crippen molar-refractivity contribution in [1.82, 2.24) is 5.32 Å². The van der Waals surface area contributed by atoms with E-state index in [9.17, 15) is 14.7 Å². The Labute approximate surface area is 87.5 Å². The summed E-state index contributed by atoms with van der Waals surface area (Å²) < 4.78 is 9.48. The van der Waals surface area contributed by atoms with Crippen LogP contribution < -0.4 is 5.32 Å². The molecule has 1 aliphatic rings. The first-order valence-electron chi connectivity index (χ1n) is 4.84. The summed E-state index contributed by atoms with van der Waals surface area (Å²) in [5.41, 5.74) is 0. The number of hydrogen-bond acceptors (Lipinski definition) is 6. The van der Waals surface area contributed by atoms with Crippen molar-refractivity contribution in [3.05, 3.63) is 0 Å². The first kappa shape index (κ1) is 11.9. The number of cyclic esters (lactones) is 2. The minimum absolute atomic E-state index is 0.192. The van der Waals surface area contributed by atoms with Gasteiger partial charge in [-0.1, -0.05) is 0 Å². The summed E-state index contributed by atoms with van der Waals surface area (Å²) in [6.07, 6.45) is 1.59. The lowest BCUT2D eigenvalue weighted by Crippen LogP contribution is -2.51. The molecule has 15 heavy (non-hydrogen) atoms. The van der Waals surface area contributed by atoms with Crippen LogP contribution in [0.2, 0.25) is 0 Å². The van der Waals surface area contributed by atoms with Crippen molar-refractivity contribution in [3.8, 4) is 0 Å². The monoisotopic (exact) mass is 217 g/mol. The van der Waals surface area contributed by atoms with Gasteiger partial charge in [0.1, 0.15) is 0 Å². The summed E-state index contributed by atoms with van der Waals surface area (Å²) in [6, 6.07) is 0. The summed E-state index contributed by atoms with van der Waals surface area (Å²) in [7, 11) is 1.41. The summed E-state index contributed by atoms with van der Waals surface area (Å²) in [5, 5.41) is 12.0. The maximum Gasteiger partial charge on any atom is 0.309 e. The predicted octanol–water partition coefficient (Wildman–Crippen LogP) is -0.488. The number of carbonyl (C=O) groups is 2. The van der Waals surface area contributed by atoms with Crippen molar-refractivity contribution in [3.63, 3.8) is 0 Å². The Morgan fingerprint density at radius 2 is 1.87 bits per heavy atom. The standard InChI is InChI=1S/C9H15NO5/c1-10-9(13)6-14-7(11)4-2-3-5-8(12)15-9/h10,13H,2-6H2,1H3. The number of rotatable bonds is 1. The smallest absolute Gasteiger partial charge is 0.309 e. The molecule has 0 aromatic rings. The van der Waals surface area contributed by atoms with Crippen LogP contribution in [0.25, 0.3) is 0 Å². The number of likely N-dealkylation sites (N-methyl/N-ethyl adjacent to an activating group) is 1. The molecule has 1 heterocycles. The van der Waals surface area contributed by atoms with Crippen molar-refractivity contribution in [2.45, 2.75) is 31.6 Å². The zero-order chi connectivity index (χ0) is 11.3. The van der Waals surface area contributed by atoms with E-state index >= 15 is 0 Å². The average Bonchev–Trinajstić information content (AvgIpc) is 2.21. The maximum absolute atomic E-state index is 11.2. The molecule has 0 aliphatic carbocycles. The predicted molar refractivity (Wildman–Crippen MR) is 49.5 cm³/mol. The Bertz CT molecular complexity index is 255. The van der Waals surface area contributed by atoms with Crippen LogP contribution in [-0.4, -0.2) is 36.6 Å². The molecule has 1 saturated heterocycles. The molecule has 1 unspecified atom stereocenters. The van der Waals surface area contributed by atoms with Gasteiger partial charge in [-0.15, -0.1) is 0 Å². The Morgan fingerprint density at radius 3 is 2.47 bits per heavy atom. The Kier molecular flexibility index (Phi) is 4.05. The number of ether oxygens (including phenoxy) is 2. The zero-order valence-corrected chi connectivity index (χ0v) is 8.62. The van der Waals surface area contributed by atoms with Crippen LogP contribution in [0.1, 0.15) is 25.7 Å². The van der Waals surface area contributed by atoms with Crippen LogP contribution in [-0.2, 0) is 19.1 Å². The Balaban J connectivity index is 2.63. The van der Waals surface area contributed by atoms with Gasteiger partial charge in [-0.25, -0.2) is 0 Å². The van der Waals surface area contributed by atoms with Crippen LogP contribution in [0.15, 0.2) is 0 Å². The highest BCUT2D eigenvalue weighted by Gasteiger charge is 2.32. The molecule has 2 N–H and O–H groups in total. The largest absolute Gasteiger partial charge is 0.457 e. The third-order valence-corrected chi connectivity index (χ3v) is 2.11. The average molecular weight is 217 g/mol. The van der Waals surface area contributed by atoms with Gasteiger partial charge in [0.15, 0.2) is 6.61 Å². The number of aliphatic hydroxyl groups is 1. The van der Waals surface area contributed by atoms with Gasteiger partial charge in [0.2, 0.25) is 0 Å². The lowest BCUT2D eigenvalue weighted by molar-refractivity contribution is -0.241. The zero-order valence-electron chi connectivity index (χ0n) is 8.62. The molecular formula is C9H15NO5. The molecule has 0 amide bonds. The number of hydrogen-bond donors (Lipinski definition) is 2. The first-order chi connectivity index (χ1) is 7.06. The first-order valence-corrected chi connectivity index (χ1v) is 4.84. The fourth-order valence-corrected chi connectivity index (χ4v) is 1.18. The second-order valence-electron chi connectivity index (χ2n) is 3.38. The summed E-state index contributed by atoms with van der Waals surface area (Å²) >= 11 is 0. The molecule has 0 radical (unpaired) electrons. The number of carbonyl (C=O) groups excluding carboxylic acids is 2. The summed E-state index contributed by atoms with van der Waals surface area (Å²) in [5.74, 6) is -2.82. The van der Waals surface area contributed by atoms with Crippen molar-refractivity contribution >= 4 is 11.9 Å². The normalized spacial score (nSPS) is 29.2. The molecule has 0 spiro atoms. The van der Waals surface area contributed by atoms with Gasteiger partial charge in [-0.2, -0.15) is 0 Å². The minimum atomic E-state index is -1.91. The van der Waals surface area contributed by atoms with E-state index in [0.29, 0.717) is 12.8 Å². The van der Waals surface area contributed by atoms with Gasteiger partial charge in [0.05, 0.1) is 0 Å². The van der Waals surface area contributed by atoms with Gasteiger partial charge in [0, 0.05) is 12.8 Å². The van der Waals surface area contributed by atoms with Gasteiger partial charge in [0.25, 0.3) is 0 Å². The lowest BCUT2D eigenvalue weighted by atomic mass is 10.2. The molecule has 1 fully saturated rings.